The molecule has 0 bridgehead atoms. The monoisotopic (exact) mass is 369 g/mol. The first-order valence-corrected chi connectivity index (χ1v) is 9.50. The number of amides is 1. The van der Waals surface area contributed by atoms with Gasteiger partial charge in [0.2, 0.25) is 5.91 Å². The molecule has 1 unspecified atom stereocenters. The molecule has 1 saturated carbocycles. The first-order chi connectivity index (χ1) is 12.6. The number of rotatable bonds is 5. The van der Waals surface area contributed by atoms with Crippen molar-refractivity contribution in [2.75, 3.05) is 18.9 Å². The summed E-state index contributed by atoms with van der Waals surface area (Å²) < 4.78 is 15.2. The number of anilines is 1. The van der Waals surface area contributed by atoms with E-state index in [4.69, 9.17) is 0 Å². The summed E-state index contributed by atoms with van der Waals surface area (Å²) in [6.07, 6.45) is 0.925. The van der Waals surface area contributed by atoms with Crippen molar-refractivity contribution in [2.45, 2.75) is 13.3 Å². The Morgan fingerprint density at radius 2 is 2.19 bits per heavy atom. The van der Waals surface area contributed by atoms with Gasteiger partial charge in [-0.05, 0) is 62.2 Å². The molecule has 4 rings (SSSR count). The summed E-state index contributed by atoms with van der Waals surface area (Å²) in [5, 5.41) is 6.64. The van der Waals surface area contributed by atoms with Gasteiger partial charge in [-0.1, -0.05) is 29.5 Å². The van der Waals surface area contributed by atoms with Gasteiger partial charge >= 0.3 is 0 Å². The van der Waals surface area contributed by atoms with E-state index in [0.29, 0.717) is 16.6 Å². The van der Waals surface area contributed by atoms with Gasteiger partial charge in [0.25, 0.3) is 0 Å². The molecule has 4 nitrogen and oxygen atoms in total. The van der Waals surface area contributed by atoms with E-state index in [-0.39, 0.29) is 17.6 Å². The SMILES string of the molecule is CNC[C@@H]1CC1C(=O)Nc1nc2ccc(-c3c(C)cccc3F)cc2s1. The quantitative estimate of drug-likeness (QED) is 0.708. The molecule has 0 spiro atoms. The number of thiazole rings is 1. The minimum absolute atomic E-state index is 0.0366. The molecule has 1 aromatic heterocycles. The molecule has 0 aliphatic heterocycles. The number of aryl methyl sites for hydroxylation is 1. The lowest BCUT2D eigenvalue weighted by Crippen LogP contribution is -2.18. The number of nitrogens with one attached hydrogen (secondary N) is 2. The molecule has 0 radical (unpaired) electrons. The minimum atomic E-state index is -0.230. The second-order valence-electron chi connectivity index (χ2n) is 6.78. The third-order valence-corrected chi connectivity index (χ3v) is 5.79. The molecular formula is C20H20FN3OS. The average molecular weight is 369 g/mol. The van der Waals surface area contributed by atoms with E-state index >= 15 is 0 Å². The van der Waals surface area contributed by atoms with Crippen LogP contribution in [0, 0.1) is 24.6 Å². The van der Waals surface area contributed by atoms with Gasteiger partial charge in [-0.2, -0.15) is 0 Å². The van der Waals surface area contributed by atoms with Crippen molar-refractivity contribution in [3.63, 3.8) is 0 Å². The summed E-state index contributed by atoms with van der Waals surface area (Å²) in [5.74, 6) is 0.303. The second kappa shape index (κ2) is 6.78. The zero-order valence-electron chi connectivity index (χ0n) is 14.7. The normalized spacial score (nSPS) is 18.9. The van der Waals surface area contributed by atoms with Gasteiger partial charge in [-0.15, -0.1) is 0 Å². The van der Waals surface area contributed by atoms with Crippen molar-refractivity contribution in [2.24, 2.45) is 11.8 Å². The average Bonchev–Trinajstić information content (AvgIpc) is 3.25. The van der Waals surface area contributed by atoms with Gasteiger partial charge in [0, 0.05) is 11.5 Å². The predicted molar refractivity (Wildman–Crippen MR) is 104 cm³/mol. The van der Waals surface area contributed by atoms with Gasteiger partial charge in [-0.25, -0.2) is 9.37 Å². The van der Waals surface area contributed by atoms with E-state index in [1.165, 1.54) is 17.4 Å². The van der Waals surface area contributed by atoms with Crippen molar-refractivity contribution in [3.8, 4) is 11.1 Å². The number of aromatic nitrogens is 1. The first kappa shape index (κ1) is 17.1. The predicted octanol–water partition coefficient (Wildman–Crippen LogP) is 4.20. The maximum atomic E-state index is 14.2. The molecule has 2 atom stereocenters. The van der Waals surface area contributed by atoms with E-state index in [2.05, 4.69) is 15.6 Å². The summed E-state index contributed by atoms with van der Waals surface area (Å²) in [7, 11) is 1.90. The number of carbonyl (C=O) groups is 1. The molecule has 1 heterocycles. The van der Waals surface area contributed by atoms with Crippen molar-refractivity contribution in [1.82, 2.24) is 10.3 Å². The number of fused-ring (bicyclic) bond motifs is 1. The van der Waals surface area contributed by atoms with Crippen LogP contribution in [0.4, 0.5) is 9.52 Å². The molecule has 3 aromatic rings. The maximum absolute atomic E-state index is 14.2. The molecule has 1 aliphatic rings. The molecule has 2 N–H and O–H groups in total. The Labute approximate surface area is 155 Å². The summed E-state index contributed by atoms with van der Waals surface area (Å²) in [6, 6.07) is 10.8. The molecule has 6 heteroatoms. The Balaban J connectivity index is 1.58. The number of hydrogen-bond acceptors (Lipinski definition) is 4. The Morgan fingerprint density at radius 1 is 1.35 bits per heavy atom. The number of benzene rings is 2. The van der Waals surface area contributed by atoms with Crippen molar-refractivity contribution in [1.29, 1.82) is 0 Å². The lowest BCUT2D eigenvalue weighted by Gasteiger charge is -2.07. The number of carbonyl (C=O) groups excluding carboxylic acids is 1. The zero-order chi connectivity index (χ0) is 18.3. The Hall–Kier alpha value is -2.31. The van der Waals surface area contributed by atoms with Crippen LogP contribution in [0.25, 0.3) is 21.3 Å². The van der Waals surface area contributed by atoms with Crippen LogP contribution in [0.1, 0.15) is 12.0 Å². The molecule has 1 amide bonds. The molecule has 1 aliphatic carbocycles. The van der Waals surface area contributed by atoms with Crippen LogP contribution >= 0.6 is 11.3 Å². The second-order valence-corrected chi connectivity index (χ2v) is 7.81. The van der Waals surface area contributed by atoms with E-state index in [0.717, 1.165) is 34.3 Å². The van der Waals surface area contributed by atoms with Gasteiger partial charge in [0.15, 0.2) is 5.13 Å². The Morgan fingerprint density at radius 3 is 2.96 bits per heavy atom. The fraction of sp³-hybridized carbons (Fsp3) is 0.300. The topological polar surface area (TPSA) is 54.0 Å². The lowest BCUT2D eigenvalue weighted by atomic mass is 10.00. The molecule has 1 fully saturated rings. The minimum Gasteiger partial charge on any atom is -0.319 e. The van der Waals surface area contributed by atoms with E-state index < -0.39 is 0 Å². The number of nitrogens with zero attached hydrogens (tertiary/aromatic N) is 1. The third kappa shape index (κ3) is 3.22. The van der Waals surface area contributed by atoms with Crippen LogP contribution in [0.3, 0.4) is 0 Å². The summed E-state index contributed by atoms with van der Waals surface area (Å²) in [6.45, 7) is 2.77. The molecule has 26 heavy (non-hydrogen) atoms. The fourth-order valence-electron chi connectivity index (χ4n) is 3.39. The largest absolute Gasteiger partial charge is 0.319 e. The van der Waals surface area contributed by atoms with Gasteiger partial charge in [-0.3, -0.25) is 4.79 Å². The molecule has 0 saturated heterocycles. The van der Waals surface area contributed by atoms with Gasteiger partial charge < -0.3 is 10.6 Å². The van der Waals surface area contributed by atoms with Gasteiger partial charge in [0.05, 0.1) is 10.2 Å². The highest BCUT2D eigenvalue weighted by Gasteiger charge is 2.42. The highest BCUT2D eigenvalue weighted by Crippen LogP contribution is 2.39. The smallest absolute Gasteiger partial charge is 0.229 e. The molecule has 134 valence electrons. The fourth-order valence-corrected chi connectivity index (χ4v) is 4.29. The summed E-state index contributed by atoms with van der Waals surface area (Å²) >= 11 is 1.42. The number of hydrogen-bond donors (Lipinski definition) is 2. The lowest BCUT2D eigenvalue weighted by molar-refractivity contribution is -0.117. The van der Waals surface area contributed by atoms with Crippen LogP contribution < -0.4 is 10.6 Å². The highest BCUT2D eigenvalue weighted by atomic mass is 32.1. The van der Waals surface area contributed by atoms with E-state index in [1.54, 1.807) is 6.07 Å². The van der Waals surface area contributed by atoms with Crippen LogP contribution in [0.5, 0.6) is 0 Å². The molecular weight excluding hydrogens is 349 g/mol. The van der Waals surface area contributed by atoms with Crippen molar-refractivity contribution in [3.05, 3.63) is 47.8 Å². The van der Waals surface area contributed by atoms with Crippen LogP contribution in [-0.4, -0.2) is 24.5 Å². The first-order valence-electron chi connectivity index (χ1n) is 8.68. The summed E-state index contributed by atoms with van der Waals surface area (Å²) in [4.78, 5) is 16.8. The summed E-state index contributed by atoms with van der Waals surface area (Å²) in [5.41, 5.74) is 3.14. The Bertz CT molecular complexity index is 964. The third-order valence-electron chi connectivity index (χ3n) is 4.85. The zero-order valence-corrected chi connectivity index (χ0v) is 15.5. The van der Waals surface area contributed by atoms with E-state index in [1.807, 2.05) is 38.2 Å². The maximum Gasteiger partial charge on any atom is 0.229 e. The van der Waals surface area contributed by atoms with Gasteiger partial charge in [0.1, 0.15) is 5.82 Å². The Kier molecular flexibility index (Phi) is 4.46. The van der Waals surface area contributed by atoms with Crippen molar-refractivity contribution >= 4 is 32.6 Å². The highest BCUT2D eigenvalue weighted by molar-refractivity contribution is 7.22. The van der Waals surface area contributed by atoms with E-state index in [9.17, 15) is 9.18 Å². The van der Waals surface area contributed by atoms with Crippen LogP contribution in [0.2, 0.25) is 0 Å². The van der Waals surface area contributed by atoms with Crippen LogP contribution in [0.15, 0.2) is 36.4 Å². The molecule has 2 aromatic carbocycles. The standard InChI is InChI=1S/C20H20FN3OS/c1-11-4-3-5-15(21)18(11)12-6-7-16-17(9-12)26-20(23-16)24-19(25)14-8-13(14)10-22-2/h3-7,9,13-14,22H,8,10H2,1-2H3,(H,23,24,25)/t13-,14?/m0/s1. The van der Waals surface area contributed by atoms with Crippen molar-refractivity contribution < 1.29 is 9.18 Å². The number of halogens is 1. The van der Waals surface area contributed by atoms with Crippen LogP contribution in [-0.2, 0) is 4.79 Å².